The first-order chi connectivity index (χ1) is 15.1. The number of hydrogen-bond acceptors (Lipinski definition) is 8. The van der Waals surface area contributed by atoms with E-state index in [2.05, 4.69) is 15.4 Å². The number of hydrogen-bond donors (Lipinski definition) is 1. The Kier molecular flexibility index (Phi) is 4.79. The number of nitrogens with zero attached hydrogens (tertiary/aromatic N) is 4. The van der Waals surface area contributed by atoms with E-state index in [1.807, 2.05) is 0 Å². The minimum atomic E-state index is -0.403. The maximum absolute atomic E-state index is 12.7. The van der Waals surface area contributed by atoms with Crippen molar-refractivity contribution >= 4 is 40.5 Å². The first-order valence-electron chi connectivity index (χ1n) is 9.32. The summed E-state index contributed by atoms with van der Waals surface area (Å²) in [6.07, 6.45) is 6.31. The van der Waals surface area contributed by atoms with Crippen molar-refractivity contribution in [2.24, 2.45) is 0 Å². The Hall–Kier alpha value is -3.86. The molecule has 11 heteroatoms. The largest absolute Gasteiger partial charge is 0.454 e. The molecule has 0 atom stereocenters. The summed E-state index contributed by atoms with van der Waals surface area (Å²) >= 11 is 0.859. The van der Waals surface area contributed by atoms with Gasteiger partial charge in [-0.2, -0.15) is 5.10 Å². The van der Waals surface area contributed by atoms with Gasteiger partial charge in [-0.1, -0.05) is 6.07 Å². The van der Waals surface area contributed by atoms with Crippen LogP contribution in [0.25, 0.3) is 11.7 Å². The molecule has 0 spiro atoms. The Bertz CT molecular complexity index is 1250. The molecule has 156 valence electrons. The molecule has 4 heterocycles. The zero-order valence-electron chi connectivity index (χ0n) is 16.0. The van der Waals surface area contributed by atoms with Crippen molar-refractivity contribution in [2.75, 3.05) is 19.9 Å². The summed E-state index contributed by atoms with van der Waals surface area (Å²) < 4.78 is 12.1. The third-order valence-electron chi connectivity index (χ3n) is 4.71. The van der Waals surface area contributed by atoms with Crippen molar-refractivity contribution in [1.29, 1.82) is 0 Å². The van der Waals surface area contributed by atoms with E-state index in [9.17, 15) is 14.4 Å². The molecule has 0 saturated carbocycles. The number of carbonyl (C=O) groups excluding carboxylic acids is 3. The number of ether oxygens (including phenoxy) is 2. The number of carbonyl (C=O) groups is 3. The number of thioether (sulfide) groups is 1. The SMILES string of the molecule is O=C(NCCN1C(=O)S/C(=C\c2ccc3c(c2)OCO3)C1=O)c1cnn2cccnc12. The lowest BCUT2D eigenvalue weighted by Crippen LogP contribution is -2.37. The van der Waals surface area contributed by atoms with E-state index in [1.165, 1.54) is 10.7 Å². The maximum atomic E-state index is 12.7. The lowest BCUT2D eigenvalue weighted by molar-refractivity contribution is -0.122. The quantitative estimate of drug-likeness (QED) is 0.602. The van der Waals surface area contributed by atoms with E-state index in [1.54, 1.807) is 42.7 Å². The number of rotatable bonds is 5. The minimum Gasteiger partial charge on any atom is -0.454 e. The van der Waals surface area contributed by atoms with Gasteiger partial charge in [0.05, 0.1) is 11.1 Å². The van der Waals surface area contributed by atoms with Gasteiger partial charge in [0, 0.05) is 25.5 Å². The van der Waals surface area contributed by atoms with Crippen LogP contribution in [0.15, 0.2) is 47.8 Å². The molecule has 1 fully saturated rings. The average molecular weight is 437 g/mol. The summed E-state index contributed by atoms with van der Waals surface area (Å²) in [6, 6.07) is 6.99. The summed E-state index contributed by atoms with van der Waals surface area (Å²) in [5.74, 6) is 0.455. The predicted molar refractivity (Wildman–Crippen MR) is 111 cm³/mol. The summed E-state index contributed by atoms with van der Waals surface area (Å²) in [4.78, 5) is 42.9. The van der Waals surface area contributed by atoms with Crippen molar-refractivity contribution in [2.45, 2.75) is 0 Å². The number of nitrogens with one attached hydrogen (secondary N) is 1. The molecule has 0 aliphatic carbocycles. The Morgan fingerprint density at radius 3 is 3.03 bits per heavy atom. The second-order valence-corrected chi connectivity index (χ2v) is 7.64. The summed E-state index contributed by atoms with van der Waals surface area (Å²) in [5.41, 5.74) is 1.47. The molecule has 10 nitrogen and oxygen atoms in total. The van der Waals surface area contributed by atoms with Crippen LogP contribution in [0.4, 0.5) is 4.79 Å². The number of fused-ring (bicyclic) bond motifs is 2. The van der Waals surface area contributed by atoms with Gasteiger partial charge in [0.15, 0.2) is 17.1 Å². The molecule has 1 N–H and O–H groups in total. The van der Waals surface area contributed by atoms with Gasteiger partial charge >= 0.3 is 0 Å². The van der Waals surface area contributed by atoms with Gasteiger partial charge in [-0.15, -0.1) is 0 Å². The summed E-state index contributed by atoms with van der Waals surface area (Å²) in [5, 5.41) is 6.38. The van der Waals surface area contributed by atoms with E-state index < -0.39 is 5.91 Å². The maximum Gasteiger partial charge on any atom is 0.293 e. The Morgan fingerprint density at radius 2 is 2.13 bits per heavy atom. The molecular formula is C20H15N5O5S. The van der Waals surface area contributed by atoms with Gasteiger partial charge in [-0.05, 0) is 41.6 Å². The van der Waals surface area contributed by atoms with Crippen LogP contribution in [0.3, 0.4) is 0 Å². The van der Waals surface area contributed by atoms with Crippen LogP contribution in [0.2, 0.25) is 0 Å². The van der Waals surface area contributed by atoms with Crippen molar-refractivity contribution in [1.82, 2.24) is 24.8 Å². The van der Waals surface area contributed by atoms with Gasteiger partial charge in [-0.25, -0.2) is 9.50 Å². The van der Waals surface area contributed by atoms with Crippen molar-refractivity contribution in [3.05, 3.63) is 58.9 Å². The van der Waals surface area contributed by atoms with Crippen molar-refractivity contribution in [3.8, 4) is 11.5 Å². The molecular weight excluding hydrogens is 422 g/mol. The number of benzene rings is 1. The van der Waals surface area contributed by atoms with Crippen LogP contribution < -0.4 is 14.8 Å². The highest BCUT2D eigenvalue weighted by Gasteiger charge is 2.34. The molecule has 31 heavy (non-hydrogen) atoms. The number of amides is 3. The third kappa shape index (κ3) is 3.59. The third-order valence-corrected chi connectivity index (χ3v) is 5.62. The predicted octanol–water partition coefficient (Wildman–Crippen LogP) is 1.92. The average Bonchev–Trinajstić information content (AvgIpc) is 3.47. The fraction of sp³-hybridized carbons (Fsp3) is 0.150. The van der Waals surface area contributed by atoms with Crippen molar-refractivity contribution in [3.63, 3.8) is 0 Å². The first-order valence-corrected chi connectivity index (χ1v) is 10.1. The van der Waals surface area contributed by atoms with Gasteiger partial charge in [0.1, 0.15) is 5.56 Å². The van der Waals surface area contributed by atoms with E-state index in [4.69, 9.17) is 9.47 Å². The number of aromatic nitrogens is 3. The van der Waals surface area contributed by atoms with E-state index in [0.717, 1.165) is 22.2 Å². The molecule has 2 aliphatic heterocycles. The molecule has 0 radical (unpaired) electrons. The molecule has 3 aromatic rings. The van der Waals surface area contributed by atoms with E-state index >= 15 is 0 Å². The molecule has 1 saturated heterocycles. The highest BCUT2D eigenvalue weighted by atomic mass is 32.2. The standard InChI is InChI=1S/C20H15N5O5S/c26-18(13-10-23-25-6-1-4-21-17(13)25)22-5-7-24-19(27)16(31-20(24)28)9-12-2-3-14-15(8-12)30-11-29-14/h1-4,6,8-10H,5,7,11H2,(H,22,26)/b16-9-. The van der Waals surface area contributed by atoms with Crippen LogP contribution in [0.5, 0.6) is 11.5 Å². The van der Waals surface area contributed by atoms with E-state index in [0.29, 0.717) is 27.6 Å². The second-order valence-electron chi connectivity index (χ2n) is 6.65. The molecule has 3 amide bonds. The summed E-state index contributed by atoms with van der Waals surface area (Å²) in [6.45, 7) is 0.326. The Labute approximate surface area is 179 Å². The zero-order chi connectivity index (χ0) is 21.4. The fourth-order valence-electron chi connectivity index (χ4n) is 3.21. The lowest BCUT2D eigenvalue weighted by atomic mass is 10.2. The van der Waals surface area contributed by atoms with Gasteiger partial charge in [0.2, 0.25) is 6.79 Å². The highest BCUT2D eigenvalue weighted by Crippen LogP contribution is 2.36. The van der Waals surface area contributed by atoms with Gasteiger partial charge in [0.25, 0.3) is 17.1 Å². The topological polar surface area (TPSA) is 115 Å². The minimum absolute atomic E-state index is 0.0571. The molecule has 2 aliphatic rings. The zero-order valence-corrected chi connectivity index (χ0v) is 16.8. The van der Waals surface area contributed by atoms with E-state index in [-0.39, 0.29) is 31.0 Å². The molecule has 5 rings (SSSR count). The second kappa shape index (κ2) is 7.76. The van der Waals surface area contributed by atoms with Crippen LogP contribution in [-0.2, 0) is 4.79 Å². The Balaban J connectivity index is 1.22. The van der Waals surface area contributed by atoms with Gasteiger partial charge < -0.3 is 14.8 Å². The first kappa shape index (κ1) is 19.1. The molecule has 0 unspecified atom stereocenters. The van der Waals surface area contributed by atoms with Crippen molar-refractivity contribution < 1.29 is 23.9 Å². The smallest absolute Gasteiger partial charge is 0.293 e. The summed E-state index contributed by atoms with van der Waals surface area (Å²) in [7, 11) is 0. The highest BCUT2D eigenvalue weighted by molar-refractivity contribution is 8.18. The molecule has 2 aromatic heterocycles. The normalized spacial score (nSPS) is 16.5. The Morgan fingerprint density at radius 1 is 1.26 bits per heavy atom. The van der Waals surface area contributed by atoms with Crippen LogP contribution in [0, 0.1) is 0 Å². The monoisotopic (exact) mass is 437 g/mol. The van der Waals surface area contributed by atoms with Crippen LogP contribution in [-0.4, -0.2) is 56.4 Å². The fourth-order valence-corrected chi connectivity index (χ4v) is 4.08. The van der Waals surface area contributed by atoms with Crippen LogP contribution >= 0.6 is 11.8 Å². The molecule has 1 aromatic carbocycles. The van der Waals surface area contributed by atoms with Gasteiger partial charge in [-0.3, -0.25) is 19.3 Å². The lowest BCUT2D eigenvalue weighted by Gasteiger charge is -2.12. The molecule has 0 bridgehead atoms. The number of imide groups is 1. The van der Waals surface area contributed by atoms with Crippen LogP contribution in [0.1, 0.15) is 15.9 Å².